The Kier molecular flexibility index (Phi) is 6.25. The molecule has 2 heterocycles. The molecule has 1 spiro atoms. The summed E-state index contributed by atoms with van der Waals surface area (Å²) in [4.78, 5) is 73.7. The number of allylic oxidation sites excluding steroid dienone is 3. The minimum absolute atomic E-state index is 0.0526. The number of aliphatic hydroxyl groups excluding tert-OH is 2. The van der Waals surface area contributed by atoms with Crippen molar-refractivity contribution in [3.63, 3.8) is 0 Å². The highest BCUT2D eigenvalue weighted by Crippen LogP contribution is 2.57. The Labute approximate surface area is 273 Å². The van der Waals surface area contributed by atoms with E-state index in [4.69, 9.17) is 4.74 Å². The molecule has 0 amide bonds. The van der Waals surface area contributed by atoms with Gasteiger partial charge < -0.3 is 30.0 Å². The van der Waals surface area contributed by atoms with Gasteiger partial charge in [0, 0.05) is 34.4 Å². The topological polar surface area (TPSA) is 187 Å². The molecule has 5 N–H and O–H groups in total. The van der Waals surface area contributed by atoms with Gasteiger partial charge in [0.05, 0.1) is 33.4 Å². The van der Waals surface area contributed by atoms with Crippen LogP contribution in [0.4, 0.5) is 0 Å². The van der Waals surface area contributed by atoms with E-state index < -0.39 is 76.6 Å². The number of nitrogens with one attached hydrogen (secondary N) is 2. The highest BCUT2D eigenvalue weighted by atomic mass is 16.5. The van der Waals surface area contributed by atoms with Gasteiger partial charge in [0.2, 0.25) is 16.3 Å². The highest BCUT2D eigenvalue weighted by molar-refractivity contribution is 6.06. The molecule has 11 heteroatoms. The first-order chi connectivity index (χ1) is 23.5. The van der Waals surface area contributed by atoms with Crippen LogP contribution in [-0.4, -0.2) is 32.4 Å². The van der Waals surface area contributed by atoms with Crippen molar-refractivity contribution in [3.05, 3.63) is 150 Å². The van der Waals surface area contributed by atoms with Crippen LogP contribution < -0.4 is 42.4 Å². The SMILES string of the molecule is C/C=C/C=C/c1cc2c(-c3ccc4[nH]ccc4c3)c3c(c(O)c2c(=O)[nH]1)C1(CC3)C(O)=c2c(=O)c3c(=O)cc(OC)c(=O)c=3c(=O)c2=C1O. The molecule has 0 radical (unpaired) electrons. The van der Waals surface area contributed by atoms with Gasteiger partial charge in [-0.2, -0.15) is 0 Å². The molecule has 2 aromatic heterocycles. The van der Waals surface area contributed by atoms with Crippen LogP contribution in [0.1, 0.15) is 30.2 Å². The fraction of sp³-hybridized carbons (Fsp3) is 0.132. The van der Waals surface area contributed by atoms with Gasteiger partial charge in [0.15, 0.2) is 11.2 Å². The largest absolute Gasteiger partial charge is 0.510 e. The molecule has 49 heavy (non-hydrogen) atoms. The van der Waals surface area contributed by atoms with Crippen LogP contribution in [0, 0.1) is 10.4 Å². The molecule has 242 valence electrons. The number of hydrogen-bond donors (Lipinski definition) is 5. The van der Waals surface area contributed by atoms with Crippen LogP contribution in [0.2, 0.25) is 0 Å². The maximum Gasteiger partial charge on any atom is 0.260 e. The zero-order valence-corrected chi connectivity index (χ0v) is 26.1. The number of phenolic OH excluding ortho intramolecular Hbond substituents is 1. The van der Waals surface area contributed by atoms with Gasteiger partial charge in [0.25, 0.3) is 5.56 Å². The maximum absolute atomic E-state index is 13.9. The number of phenols is 1. The van der Waals surface area contributed by atoms with Crippen LogP contribution >= 0.6 is 0 Å². The molecule has 0 fully saturated rings. The predicted octanol–water partition coefficient (Wildman–Crippen LogP) is 2.25. The van der Waals surface area contributed by atoms with Gasteiger partial charge in [-0.25, -0.2) is 0 Å². The molecule has 4 aliphatic carbocycles. The number of aromatic nitrogens is 2. The van der Waals surface area contributed by atoms with Gasteiger partial charge in [-0.3, -0.25) is 24.0 Å². The molecule has 8 rings (SSSR count). The van der Waals surface area contributed by atoms with E-state index in [-0.39, 0.29) is 23.8 Å². The minimum atomic E-state index is -2.04. The number of ether oxygens (including phenoxy) is 1. The summed E-state index contributed by atoms with van der Waals surface area (Å²) in [6.45, 7) is 1.85. The number of benzene rings is 2. The van der Waals surface area contributed by atoms with E-state index in [1.165, 1.54) is 0 Å². The van der Waals surface area contributed by atoms with E-state index in [1.807, 2.05) is 37.3 Å². The van der Waals surface area contributed by atoms with Crippen molar-refractivity contribution in [2.45, 2.75) is 25.2 Å². The molecular formula is C38H26N2O9. The number of H-pyrrole nitrogens is 2. The number of aromatic hydroxyl groups is 1. The zero-order valence-electron chi connectivity index (χ0n) is 26.1. The van der Waals surface area contributed by atoms with Crippen LogP contribution in [0.3, 0.4) is 0 Å². The van der Waals surface area contributed by atoms with Gasteiger partial charge >= 0.3 is 0 Å². The Bertz CT molecular complexity index is 3030. The third-order valence-corrected chi connectivity index (χ3v) is 9.87. The molecule has 4 aromatic rings. The number of rotatable bonds is 4. The van der Waals surface area contributed by atoms with E-state index in [1.54, 1.807) is 30.5 Å². The number of hydrogen-bond acceptors (Lipinski definition) is 9. The molecule has 11 nitrogen and oxygen atoms in total. The number of aromatic amines is 2. The Morgan fingerprint density at radius 2 is 1.59 bits per heavy atom. The lowest BCUT2D eigenvalue weighted by Crippen LogP contribution is -2.51. The fourth-order valence-electron chi connectivity index (χ4n) is 7.77. The van der Waals surface area contributed by atoms with Crippen molar-refractivity contribution < 1.29 is 20.1 Å². The van der Waals surface area contributed by atoms with Crippen molar-refractivity contribution in [1.82, 2.24) is 9.97 Å². The monoisotopic (exact) mass is 654 g/mol. The van der Waals surface area contributed by atoms with Crippen molar-refractivity contribution in [3.8, 4) is 22.6 Å². The number of methoxy groups -OCH3 is 1. The highest BCUT2D eigenvalue weighted by Gasteiger charge is 2.54. The molecular weight excluding hydrogens is 628 g/mol. The van der Waals surface area contributed by atoms with Crippen molar-refractivity contribution in [2.24, 2.45) is 0 Å². The summed E-state index contributed by atoms with van der Waals surface area (Å²) in [7, 11) is 1.13. The maximum atomic E-state index is 13.9. The van der Waals surface area contributed by atoms with E-state index in [0.717, 1.165) is 24.1 Å². The van der Waals surface area contributed by atoms with Crippen molar-refractivity contribution in [2.75, 3.05) is 7.11 Å². The first kappa shape index (κ1) is 29.9. The molecule has 1 atom stereocenters. The molecule has 0 aliphatic heterocycles. The average molecular weight is 655 g/mol. The summed E-state index contributed by atoms with van der Waals surface area (Å²) in [5, 5.41) is 34.3. The van der Waals surface area contributed by atoms with E-state index in [9.17, 15) is 39.3 Å². The zero-order chi connectivity index (χ0) is 34.5. The lowest BCUT2D eigenvalue weighted by molar-refractivity contribution is 0.362. The lowest BCUT2D eigenvalue weighted by Gasteiger charge is -2.28. The van der Waals surface area contributed by atoms with Crippen LogP contribution in [0.25, 0.3) is 50.4 Å². The summed E-state index contributed by atoms with van der Waals surface area (Å²) in [5.41, 5.74) is -3.94. The van der Waals surface area contributed by atoms with Crippen LogP contribution in [-0.2, 0) is 11.8 Å². The number of aliphatic hydroxyl groups is 2. The normalized spacial score (nSPS) is 17.1. The van der Waals surface area contributed by atoms with Gasteiger partial charge in [-0.1, -0.05) is 24.3 Å². The van der Waals surface area contributed by atoms with Crippen molar-refractivity contribution in [1.29, 1.82) is 0 Å². The summed E-state index contributed by atoms with van der Waals surface area (Å²) in [6, 6.07) is 10.0. The summed E-state index contributed by atoms with van der Waals surface area (Å²) in [5.74, 6) is -2.52. The Hall–Kier alpha value is -6.49. The Morgan fingerprint density at radius 3 is 2.31 bits per heavy atom. The first-order valence-corrected chi connectivity index (χ1v) is 15.4. The second kappa shape index (κ2) is 10.3. The average Bonchev–Trinajstić information content (AvgIpc) is 3.77. The Balaban J connectivity index is 1.55. The summed E-state index contributed by atoms with van der Waals surface area (Å²) >= 11 is 0. The lowest BCUT2D eigenvalue weighted by atomic mass is 9.77. The van der Waals surface area contributed by atoms with Gasteiger partial charge in [0.1, 0.15) is 22.7 Å². The summed E-state index contributed by atoms with van der Waals surface area (Å²) < 4.78 is 4.96. The van der Waals surface area contributed by atoms with Crippen LogP contribution in [0.15, 0.2) is 84.8 Å². The van der Waals surface area contributed by atoms with Gasteiger partial charge in [-0.15, -0.1) is 0 Å². The quantitative estimate of drug-likeness (QED) is 0.178. The number of pyridine rings is 1. The molecule has 0 saturated heterocycles. The van der Waals surface area contributed by atoms with E-state index in [0.29, 0.717) is 27.8 Å². The second-order valence-electron chi connectivity index (χ2n) is 12.3. The fourth-order valence-corrected chi connectivity index (χ4v) is 7.77. The van der Waals surface area contributed by atoms with E-state index >= 15 is 0 Å². The molecule has 4 aliphatic rings. The standard InChI is InChI=1S/C38H26N2O9/c1-3-4-5-6-18-14-20-24(17-7-8-21-16(13-17)10-12-39-21)19-9-11-38(30(19)34(45)25(20)37(48)40-18)35(46)28-29(36(38)47)33(44)27-26(32(28)43)22(41)15-23(49-2)31(27)42/h3-8,10,12-15,39,45-47H,9,11H2,1-2H3,(H,40,48)/b4-3+,6-5+. The minimum Gasteiger partial charge on any atom is -0.510 e. The number of fused-ring (bicyclic) bond motifs is 5. The molecule has 0 saturated carbocycles. The third-order valence-electron chi connectivity index (χ3n) is 9.87. The summed E-state index contributed by atoms with van der Waals surface area (Å²) in [6.07, 6.45) is 8.88. The van der Waals surface area contributed by atoms with E-state index in [2.05, 4.69) is 9.97 Å². The Morgan fingerprint density at radius 1 is 0.857 bits per heavy atom. The third kappa shape index (κ3) is 3.75. The molecule has 1 unspecified atom stereocenters. The molecule has 2 aromatic carbocycles. The first-order valence-electron chi connectivity index (χ1n) is 15.4. The smallest absolute Gasteiger partial charge is 0.260 e. The van der Waals surface area contributed by atoms with Crippen LogP contribution in [0.5, 0.6) is 11.5 Å². The second-order valence-corrected chi connectivity index (χ2v) is 12.3. The van der Waals surface area contributed by atoms with Gasteiger partial charge in [-0.05, 0) is 72.2 Å². The van der Waals surface area contributed by atoms with Crippen molar-refractivity contribution >= 4 is 39.3 Å². The molecule has 0 bridgehead atoms. The predicted molar refractivity (Wildman–Crippen MR) is 184 cm³/mol.